The van der Waals surface area contributed by atoms with Crippen LogP contribution in [0.2, 0.25) is 0 Å². The number of halogens is 1. The van der Waals surface area contributed by atoms with E-state index < -0.39 is 0 Å². The molecule has 0 aliphatic carbocycles. The van der Waals surface area contributed by atoms with Crippen molar-refractivity contribution in [3.8, 4) is 12.0 Å². The monoisotopic (exact) mass is 422 g/mol. The third-order valence-corrected chi connectivity index (χ3v) is 4.75. The molecular weight excluding hydrogens is 399 g/mol. The van der Waals surface area contributed by atoms with Crippen molar-refractivity contribution in [3.63, 3.8) is 0 Å². The average Bonchev–Trinajstić information content (AvgIpc) is 3.17. The van der Waals surface area contributed by atoms with Crippen LogP contribution in [-0.4, -0.2) is 38.7 Å². The summed E-state index contributed by atoms with van der Waals surface area (Å²) in [6.45, 7) is 2.77. The number of nitrogens with one attached hydrogen (secondary N) is 1. The number of aromatic nitrogens is 5. The fraction of sp³-hybridized carbons (Fsp3) is 0.273. The van der Waals surface area contributed by atoms with Crippen LogP contribution in [0.5, 0.6) is 6.01 Å². The molecule has 0 unspecified atom stereocenters. The summed E-state index contributed by atoms with van der Waals surface area (Å²) in [5.74, 6) is 1.11. The Hall–Kier alpha value is -3.59. The molecule has 0 fully saturated rings. The molecule has 0 bridgehead atoms. The molecule has 160 valence electrons. The molecule has 2 aromatic carbocycles. The topological polar surface area (TPSA) is 87.0 Å². The maximum absolute atomic E-state index is 13.5. The first kappa shape index (κ1) is 20.7. The zero-order valence-corrected chi connectivity index (χ0v) is 17.6. The van der Waals surface area contributed by atoms with E-state index >= 15 is 0 Å². The van der Waals surface area contributed by atoms with Gasteiger partial charge in [0.15, 0.2) is 0 Å². The molecule has 0 saturated heterocycles. The highest BCUT2D eigenvalue weighted by Gasteiger charge is 2.19. The third kappa shape index (κ3) is 4.31. The summed E-state index contributed by atoms with van der Waals surface area (Å²) >= 11 is 0. The van der Waals surface area contributed by atoms with Gasteiger partial charge in [-0.1, -0.05) is 31.2 Å². The zero-order valence-electron chi connectivity index (χ0n) is 17.6. The quantitative estimate of drug-likeness (QED) is 0.463. The number of methoxy groups -OCH3 is 2. The summed E-state index contributed by atoms with van der Waals surface area (Å²) in [7, 11) is 3.20. The Kier molecular flexibility index (Phi) is 6.03. The molecule has 0 amide bonds. The minimum absolute atomic E-state index is 0.286. The number of para-hydroxylation sites is 1. The minimum atomic E-state index is -0.286. The van der Waals surface area contributed by atoms with Crippen molar-refractivity contribution in [2.24, 2.45) is 0 Å². The molecule has 4 aromatic rings. The SMILES string of the molecule is CCc1nc(NCc2cccc(F)c2)nc(-n2c(OC)nc3c(COC)cccc32)n1. The van der Waals surface area contributed by atoms with Crippen LogP contribution in [0.4, 0.5) is 10.3 Å². The summed E-state index contributed by atoms with van der Waals surface area (Å²) in [5, 5.41) is 3.16. The first-order valence-corrected chi connectivity index (χ1v) is 9.89. The predicted octanol–water partition coefficient (Wildman–Crippen LogP) is 3.68. The molecule has 31 heavy (non-hydrogen) atoms. The van der Waals surface area contributed by atoms with Crippen LogP contribution in [0, 0.1) is 5.82 Å². The van der Waals surface area contributed by atoms with Crippen molar-refractivity contribution in [2.45, 2.75) is 26.5 Å². The second-order valence-electron chi connectivity index (χ2n) is 6.86. The molecular formula is C22H23FN6O2. The molecule has 9 heteroatoms. The fourth-order valence-corrected chi connectivity index (χ4v) is 3.31. The maximum atomic E-state index is 13.5. The lowest BCUT2D eigenvalue weighted by atomic mass is 10.2. The highest BCUT2D eigenvalue weighted by molar-refractivity contribution is 5.81. The molecule has 0 spiro atoms. The van der Waals surface area contributed by atoms with E-state index in [1.807, 2.05) is 31.2 Å². The Morgan fingerprint density at radius 1 is 1.03 bits per heavy atom. The molecule has 2 aromatic heterocycles. The second-order valence-corrected chi connectivity index (χ2v) is 6.86. The number of hydrogen-bond donors (Lipinski definition) is 1. The lowest BCUT2D eigenvalue weighted by molar-refractivity contribution is 0.186. The highest BCUT2D eigenvalue weighted by Crippen LogP contribution is 2.27. The van der Waals surface area contributed by atoms with Gasteiger partial charge in [-0.15, -0.1) is 0 Å². The molecule has 8 nitrogen and oxygen atoms in total. The summed E-state index contributed by atoms with van der Waals surface area (Å²) in [6.07, 6.45) is 0.619. The lowest BCUT2D eigenvalue weighted by Crippen LogP contribution is -2.12. The van der Waals surface area contributed by atoms with Crippen molar-refractivity contribution in [1.82, 2.24) is 24.5 Å². The largest absolute Gasteiger partial charge is 0.468 e. The number of rotatable bonds is 8. The van der Waals surface area contributed by atoms with Crippen LogP contribution in [0.15, 0.2) is 42.5 Å². The van der Waals surface area contributed by atoms with Gasteiger partial charge < -0.3 is 14.8 Å². The molecule has 0 saturated carbocycles. The van der Waals surface area contributed by atoms with Crippen LogP contribution in [-0.2, 0) is 24.3 Å². The standard InChI is InChI=1S/C22H23FN6O2/c1-4-18-25-20(24-12-14-7-5-9-16(23)11-14)28-21(26-18)29-17-10-6-8-15(13-30-2)19(17)27-22(29)31-3/h5-11H,4,12-13H2,1-3H3,(H,24,25,26,28). The van der Waals surface area contributed by atoms with Gasteiger partial charge >= 0.3 is 6.01 Å². The Balaban J connectivity index is 1.76. The summed E-state index contributed by atoms with van der Waals surface area (Å²) in [5.41, 5.74) is 3.28. The number of aryl methyl sites for hydroxylation is 1. The number of fused-ring (bicyclic) bond motifs is 1. The maximum Gasteiger partial charge on any atom is 0.304 e. The van der Waals surface area contributed by atoms with Crippen LogP contribution < -0.4 is 10.1 Å². The van der Waals surface area contributed by atoms with Gasteiger partial charge in [0.2, 0.25) is 11.9 Å². The molecule has 0 radical (unpaired) electrons. The van der Waals surface area contributed by atoms with E-state index in [9.17, 15) is 4.39 Å². The van der Waals surface area contributed by atoms with Crippen molar-refractivity contribution in [1.29, 1.82) is 0 Å². The predicted molar refractivity (Wildman–Crippen MR) is 115 cm³/mol. The number of benzene rings is 2. The zero-order chi connectivity index (χ0) is 21.8. The Morgan fingerprint density at radius 3 is 2.61 bits per heavy atom. The second kappa shape index (κ2) is 9.05. The summed E-state index contributed by atoms with van der Waals surface area (Å²) in [6, 6.07) is 12.6. The van der Waals surface area contributed by atoms with Crippen molar-refractivity contribution in [2.75, 3.05) is 19.5 Å². The van der Waals surface area contributed by atoms with Gasteiger partial charge in [-0.05, 0) is 23.8 Å². The Bertz CT molecular complexity index is 1210. The molecule has 2 heterocycles. The van der Waals surface area contributed by atoms with Gasteiger partial charge in [0.25, 0.3) is 0 Å². The van der Waals surface area contributed by atoms with E-state index in [0.717, 1.165) is 22.2 Å². The molecule has 0 aliphatic rings. The number of anilines is 1. The van der Waals surface area contributed by atoms with Crippen LogP contribution in [0.3, 0.4) is 0 Å². The molecule has 0 aliphatic heterocycles. The average molecular weight is 422 g/mol. The van der Waals surface area contributed by atoms with Gasteiger partial charge in [0, 0.05) is 25.6 Å². The van der Waals surface area contributed by atoms with Crippen molar-refractivity contribution >= 4 is 17.0 Å². The van der Waals surface area contributed by atoms with Gasteiger partial charge in [-0.2, -0.15) is 19.9 Å². The van der Waals surface area contributed by atoms with Crippen LogP contribution in [0.1, 0.15) is 23.9 Å². The van der Waals surface area contributed by atoms with E-state index in [-0.39, 0.29) is 5.82 Å². The van der Waals surface area contributed by atoms with Gasteiger partial charge in [-0.3, -0.25) is 0 Å². The highest BCUT2D eigenvalue weighted by atomic mass is 19.1. The van der Waals surface area contributed by atoms with Gasteiger partial charge in [0.05, 0.1) is 24.8 Å². The van der Waals surface area contributed by atoms with Gasteiger partial charge in [0.1, 0.15) is 11.6 Å². The van der Waals surface area contributed by atoms with E-state index in [1.54, 1.807) is 24.9 Å². The van der Waals surface area contributed by atoms with Gasteiger partial charge in [-0.25, -0.2) is 8.96 Å². The van der Waals surface area contributed by atoms with Crippen LogP contribution >= 0.6 is 0 Å². The number of imidazole rings is 1. The Labute approximate surface area is 179 Å². The normalized spacial score (nSPS) is 11.1. The fourth-order valence-electron chi connectivity index (χ4n) is 3.31. The van der Waals surface area contributed by atoms with E-state index in [2.05, 4.69) is 25.3 Å². The molecule has 0 atom stereocenters. The van der Waals surface area contributed by atoms with Crippen molar-refractivity contribution in [3.05, 3.63) is 65.2 Å². The molecule has 4 rings (SSSR count). The van der Waals surface area contributed by atoms with E-state index in [0.29, 0.717) is 43.3 Å². The first-order chi connectivity index (χ1) is 15.1. The van der Waals surface area contributed by atoms with E-state index in [4.69, 9.17) is 9.47 Å². The molecule has 1 N–H and O–H groups in total. The minimum Gasteiger partial charge on any atom is -0.468 e. The summed E-state index contributed by atoms with van der Waals surface area (Å²) in [4.78, 5) is 18.2. The number of nitrogens with zero attached hydrogens (tertiary/aromatic N) is 5. The van der Waals surface area contributed by atoms with Crippen LogP contribution in [0.25, 0.3) is 17.0 Å². The van der Waals surface area contributed by atoms with Crippen molar-refractivity contribution < 1.29 is 13.9 Å². The third-order valence-electron chi connectivity index (χ3n) is 4.75. The summed E-state index contributed by atoms with van der Waals surface area (Å²) < 4.78 is 26.0. The number of ether oxygens (including phenoxy) is 2. The number of hydrogen-bond acceptors (Lipinski definition) is 7. The first-order valence-electron chi connectivity index (χ1n) is 9.89. The van der Waals surface area contributed by atoms with E-state index in [1.165, 1.54) is 12.1 Å². The lowest BCUT2D eigenvalue weighted by Gasteiger charge is -2.11. The smallest absolute Gasteiger partial charge is 0.304 e. The Morgan fingerprint density at radius 2 is 1.87 bits per heavy atom.